The van der Waals surface area contributed by atoms with E-state index < -0.39 is 17.8 Å². The summed E-state index contributed by atoms with van der Waals surface area (Å²) in [6.45, 7) is 4.22. The molecule has 1 aliphatic rings. The summed E-state index contributed by atoms with van der Waals surface area (Å²) in [7, 11) is 1.36. The van der Waals surface area contributed by atoms with E-state index in [9.17, 15) is 19.2 Å². The van der Waals surface area contributed by atoms with Gasteiger partial charge in [0.05, 0.1) is 18.4 Å². The van der Waals surface area contributed by atoms with Crippen molar-refractivity contribution >= 4 is 63.6 Å². The van der Waals surface area contributed by atoms with E-state index in [1.54, 1.807) is 48.5 Å². The van der Waals surface area contributed by atoms with Crippen molar-refractivity contribution in [1.82, 2.24) is 5.32 Å². The van der Waals surface area contributed by atoms with E-state index in [2.05, 4.69) is 41.9 Å². The fourth-order valence-electron chi connectivity index (χ4n) is 6.26. The number of carbonyl (C=O) groups excluding carboxylic acids is 4. The first-order valence-electron chi connectivity index (χ1n) is 17.5. The second kappa shape index (κ2) is 17.4. The molecule has 1 aliphatic carbocycles. The smallest absolute Gasteiger partial charge is 0.341 e. The summed E-state index contributed by atoms with van der Waals surface area (Å²) < 4.78 is 5.12. The van der Waals surface area contributed by atoms with Gasteiger partial charge in [0.2, 0.25) is 5.91 Å². The molecule has 0 radical (unpaired) electrons. The van der Waals surface area contributed by atoms with Gasteiger partial charge in [-0.2, -0.15) is 0 Å². The Hall–Kier alpha value is -5.45. The molecule has 3 N–H and O–H groups in total. The molecule has 0 bridgehead atoms. The Morgan fingerprint density at radius 2 is 1.60 bits per heavy atom. The Kier molecular flexibility index (Phi) is 12.2. The lowest BCUT2D eigenvalue weighted by Crippen LogP contribution is -2.30. The lowest BCUT2D eigenvalue weighted by atomic mass is 9.83. The highest BCUT2D eigenvalue weighted by Crippen LogP contribution is 2.43. The summed E-state index contributed by atoms with van der Waals surface area (Å²) in [4.78, 5) is 54.7. The minimum absolute atomic E-state index is 0.0812. The number of nitrogens with one attached hydrogen (secondary N) is 3. The van der Waals surface area contributed by atoms with Gasteiger partial charge in [0.1, 0.15) is 10.7 Å². The van der Waals surface area contributed by atoms with Gasteiger partial charge >= 0.3 is 5.97 Å². The molecule has 8 nitrogen and oxygen atoms in total. The highest BCUT2D eigenvalue weighted by Gasteiger charge is 2.30. The molecule has 1 heterocycles. The van der Waals surface area contributed by atoms with Crippen LogP contribution >= 0.6 is 23.1 Å². The van der Waals surface area contributed by atoms with Crippen molar-refractivity contribution < 1.29 is 23.9 Å². The molecule has 0 aliphatic heterocycles. The molecular formula is C43H41N3O5S2. The molecule has 3 amide bonds. The molecular weight excluding hydrogens is 703 g/mol. The maximum absolute atomic E-state index is 13.6. The van der Waals surface area contributed by atoms with Crippen LogP contribution < -0.4 is 16.0 Å². The minimum atomic E-state index is -0.492. The van der Waals surface area contributed by atoms with Crippen LogP contribution in [0.1, 0.15) is 80.0 Å². The third kappa shape index (κ3) is 9.51. The quantitative estimate of drug-likeness (QED) is 0.0668. The number of ether oxygens (including phenoxy) is 1. The van der Waals surface area contributed by atoms with Gasteiger partial charge in [-0.15, -0.1) is 23.1 Å². The summed E-state index contributed by atoms with van der Waals surface area (Å²) in [5.41, 5.74) is 5.62. The van der Waals surface area contributed by atoms with Crippen LogP contribution in [0.2, 0.25) is 0 Å². The summed E-state index contributed by atoms with van der Waals surface area (Å²) in [5.74, 6) is -0.817. The highest BCUT2D eigenvalue weighted by molar-refractivity contribution is 8.00. The average molecular weight is 744 g/mol. The SMILES string of the molecule is COC(=O)c1c(NC(=O)CSc2cccc(NC(=O)/C(=C\c3ccc(C(C)C)cc3)NC(=O)c3ccccc3)c2)sc2c1CCC(c1ccccc1)C2. The molecule has 53 heavy (non-hydrogen) atoms. The zero-order chi connectivity index (χ0) is 37.3. The lowest BCUT2D eigenvalue weighted by molar-refractivity contribution is -0.114. The number of fused-ring (bicyclic) bond motifs is 1. The van der Waals surface area contributed by atoms with Crippen LogP contribution in [-0.4, -0.2) is 36.6 Å². The van der Waals surface area contributed by atoms with Gasteiger partial charge in [0.25, 0.3) is 11.8 Å². The van der Waals surface area contributed by atoms with E-state index in [-0.39, 0.29) is 17.4 Å². The Bertz CT molecular complexity index is 2130. The number of rotatable bonds is 12. The first kappa shape index (κ1) is 37.3. The number of benzene rings is 4. The second-order valence-corrected chi connectivity index (χ2v) is 15.2. The van der Waals surface area contributed by atoms with Gasteiger partial charge in [-0.05, 0) is 89.8 Å². The van der Waals surface area contributed by atoms with Crippen molar-refractivity contribution in [2.24, 2.45) is 0 Å². The molecule has 4 aromatic carbocycles. The molecule has 0 fully saturated rings. The molecule has 0 saturated carbocycles. The van der Waals surface area contributed by atoms with Gasteiger partial charge in [0, 0.05) is 21.0 Å². The number of hydrogen-bond donors (Lipinski definition) is 3. The molecule has 1 atom stereocenters. The maximum atomic E-state index is 13.6. The number of anilines is 2. The van der Waals surface area contributed by atoms with Crippen LogP contribution in [-0.2, 0) is 27.2 Å². The van der Waals surface area contributed by atoms with Crippen molar-refractivity contribution in [1.29, 1.82) is 0 Å². The molecule has 1 aromatic heterocycles. The number of thioether (sulfide) groups is 1. The third-order valence-corrected chi connectivity index (χ3v) is 11.2. The lowest BCUT2D eigenvalue weighted by Gasteiger charge is -2.22. The number of carbonyl (C=O) groups is 4. The predicted molar refractivity (Wildman–Crippen MR) is 214 cm³/mol. The monoisotopic (exact) mass is 743 g/mol. The number of hydrogen-bond acceptors (Lipinski definition) is 7. The van der Waals surface area contributed by atoms with Crippen molar-refractivity contribution in [3.63, 3.8) is 0 Å². The van der Waals surface area contributed by atoms with Crippen molar-refractivity contribution in [2.75, 3.05) is 23.5 Å². The second-order valence-electron chi connectivity index (χ2n) is 13.1. The van der Waals surface area contributed by atoms with Crippen molar-refractivity contribution in [2.45, 2.75) is 49.8 Å². The van der Waals surface area contributed by atoms with Gasteiger partial charge in [-0.25, -0.2) is 4.79 Å². The summed E-state index contributed by atoms with van der Waals surface area (Å²) in [5, 5.41) is 9.17. The predicted octanol–water partition coefficient (Wildman–Crippen LogP) is 9.07. The summed E-state index contributed by atoms with van der Waals surface area (Å²) in [6, 6.07) is 34.1. The third-order valence-electron chi connectivity index (χ3n) is 9.08. The Morgan fingerprint density at radius 1 is 0.887 bits per heavy atom. The molecule has 5 aromatic rings. The largest absolute Gasteiger partial charge is 0.465 e. The zero-order valence-corrected chi connectivity index (χ0v) is 31.4. The Morgan fingerprint density at radius 3 is 2.30 bits per heavy atom. The van der Waals surface area contributed by atoms with Gasteiger partial charge < -0.3 is 20.7 Å². The van der Waals surface area contributed by atoms with E-state index in [0.717, 1.165) is 40.2 Å². The van der Waals surface area contributed by atoms with Crippen LogP contribution in [0.3, 0.4) is 0 Å². The van der Waals surface area contributed by atoms with E-state index in [0.29, 0.717) is 33.7 Å². The normalized spacial score (nSPS) is 13.9. The van der Waals surface area contributed by atoms with E-state index in [1.165, 1.54) is 41.3 Å². The first-order valence-corrected chi connectivity index (χ1v) is 19.3. The Labute approximate surface area is 318 Å². The number of esters is 1. The molecule has 270 valence electrons. The van der Waals surface area contributed by atoms with Crippen LogP contribution in [0.5, 0.6) is 0 Å². The Balaban J connectivity index is 1.13. The van der Waals surface area contributed by atoms with Gasteiger partial charge in [0.15, 0.2) is 0 Å². The molecule has 10 heteroatoms. The standard InChI is InChI=1S/C43H41N3O5S2/c1-27(2)29-19-17-28(18-20-29)23-36(45-40(48)31-13-8-5-9-14-31)41(49)44-33-15-10-16-34(25-33)52-26-38(47)46-42-39(43(50)51-3)35-22-21-32(24-37(35)53-42)30-11-6-4-7-12-30/h4-20,23,25,27,32H,21-22,24,26H2,1-3H3,(H,44,49)(H,45,48)(H,46,47)/b36-23+. The molecule has 6 rings (SSSR count). The first-order chi connectivity index (χ1) is 25.7. The molecule has 0 saturated heterocycles. The van der Waals surface area contributed by atoms with Crippen molar-refractivity contribution in [3.05, 3.63) is 153 Å². The fraction of sp³-hybridized carbons (Fsp3) is 0.209. The molecule has 0 spiro atoms. The van der Waals surface area contributed by atoms with E-state index >= 15 is 0 Å². The summed E-state index contributed by atoms with van der Waals surface area (Å²) >= 11 is 2.75. The van der Waals surface area contributed by atoms with E-state index in [1.807, 2.05) is 54.6 Å². The highest BCUT2D eigenvalue weighted by atomic mass is 32.2. The van der Waals surface area contributed by atoms with Crippen LogP contribution in [0.4, 0.5) is 10.7 Å². The topological polar surface area (TPSA) is 114 Å². The van der Waals surface area contributed by atoms with E-state index in [4.69, 9.17) is 4.74 Å². The minimum Gasteiger partial charge on any atom is -0.465 e. The van der Waals surface area contributed by atoms with Crippen LogP contribution in [0.15, 0.2) is 120 Å². The van der Waals surface area contributed by atoms with Crippen LogP contribution in [0, 0.1) is 0 Å². The summed E-state index contributed by atoms with van der Waals surface area (Å²) in [6.07, 6.45) is 4.09. The van der Waals surface area contributed by atoms with Crippen molar-refractivity contribution in [3.8, 4) is 0 Å². The fourth-order valence-corrected chi connectivity index (χ4v) is 8.35. The number of amides is 3. The number of thiophene rings is 1. The van der Waals surface area contributed by atoms with Gasteiger partial charge in [-0.1, -0.05) is 92.7 Å². The zero-order valence-electron chi connectivity index (χ0n) is 29.8. The van der Waals surface area contributed by atoms with Crippen LogP contribution in [0.25, 0.3) is 6.08 Å². The number of methoxy groups -OCH3 is 1. The average Bonchev–Trinajstić information content (AvgIpc) is 3.54. The van der Waals surface area contributed by atoms with Gasteiger partial charge in [-0.3, -0.25) is 14.4 Å². The molecule has 1 unspecified atom stereocenters. The maximum Gasteiger partial charge on any atom is 0.341 e.